The number of ether oxygens (including phenoxy) is 14. The lowest BCUT2D eigenvalue weighted by atomic mass is 9.93. The van der Waals surface area contributed by atoms with Crippen molar-refractivity contribution in [2.75, 3.05) is 46.2 Å². The van der Waals surface area contributed by atoms with E-state index in [2.05, 4.69) is 10.3 Å². The molecule has 35 atom stereocenters. The van der Waals surface area contributed by atoms with Gasteiger partial charge >= 0.3 is 0 Å². The van der Waals surface area contributed by atoms with E-state index in [1.807, 2.05) is 0 Å². The van der Waals surface area contributed by atoms with Crippen LogP contribution in [0.4, 0.5) is 0 Å². The van der Waals surface area contributed by atoms with Crippen LogP contribution in [0.15, 0.2) is 18.7 Å². The van der Waals surface area contributed by atoms with Crippen molar-refractivity contribution in [3.8, 4) is 0 Å². The highest BCUT2D eigenvalue weighted by atomic mass is 16.8. The number of hydrogen-bond donors (Lipinski definition) is 21. The van der Waals surface area contributed by atoms with E-state index in [4.69, 9.17) is 66.3 Å². The molecular weight excluding hydrogens is 1170 g/mol. The van der Waals surface area contributed by atoms with Crippen LogP contribution in [-0.4, -0.2) is 379 Å². The van der Waals surface area contributed by atoms with Gasteiger partial charge in [-0.15, -0.1) is 0 Å². The Morgan fingerprint density at radius 3 is 0.776 bits per heavy atom. The number of aliphatic hydroxyl groups excluding tert-OH is 20. The molecule has 0 radical (unpaired) electrons. The maximum atomic E-state index is 13.6. The van der Waals surface area contributed by atoms with E-state index in [-0.39, 0.29) is 0 Å². The van der Waals surface area contributed by atoms with Crippen molar-refractivity contribution in [2.45, 2.75) is 221 Å². The fourth-order valence-corrected chi connectivity index (χ4v) is 11.4. The maximum absolute atomic E-state index is 13.6. The van der Waals surface area contributed by atoms with Gasteiger partial charge in [-0.2, -0.15) is 0 Å². The molecule has 0 saturated carbocycles. The van der Waals surface area contributed by atoms with Gasteiger partial charge in [0.2, 0.25) is 5.91 Å². The zero-order chi connectivity index (χ0) is 61.5. The maximum Gasteiger partial charge on any atom is 0.240 e. The van der Waals surface area contributed by atoms with Gasteiger partial charge in [0.1, 0.15) is 171 Å². The van der Waals surface area contributed by atoms with Crippen molar-refractivity contribution < 1.29 is 173 Å². The van der Waals surface area contributed by atoms with Gasteiger partial charge in [0.15, 0.2) is 44.0 Å². The number of carbonyl (C=O) groups is 1. The number of amides is 1. The van der Waals surface area contributed by atoms with Crippen molar-refractivity contribution in [3.05, 3.63) is 18.7 Å². The predicted octanol–water partition coefficient (Wildman–Crippen LogP) is -15.2. The van der Waals surface area contributed by atoms with Crippen LogP contribution in [0.2, 0.25) is 0 Å². The van der Waals surface area contributed by atoms with Gasteiger partial charge in [0.05, 0.1) is 58.6 Å². The van der Waals surface area contributed by atoms with E-state index in [9.17, 15) is 107 Å². The summed E-state index contributed by atoms with van der Waals surface area (Å²) in [5.41, 5.74) is 0. The first-order valence-electron chi connectivity index (χ1n) is 27.1. The molecule has 0 aromatic carbocycles. The van der Waals surface area contributed by atoms with Gasteiger partial charge in [-0.25, -0.2) is 4.98 Å². The number of hydrogen-bond acceptors (Lipinski definition) is 36. The van der Waals surface area contributed by atoms with Crippen LogP contribution >= 0.6 is 0 Å². The molecular formula is C47H75N3O35. The molecule has 0 spiro atoms. The van der Waals surface area contributed by atoms with Crippen LogP contribution in [0, 0.1) is 0 Å². The number of aromatic nitrogens is 2. The third-order valence-electron chi connectivity index (χ3n) is 16.0. The van der Waals surface area contributed by atoms with Crippen molar-refractivity contribution in [1.82, 2.24) is 14.9 Å². The lowest BCUT2D eigenvalue weighted by Crippen LogP contribution is -2.70. The first kappa shape index (κ1) is 66.7. The lowest BCUT2D eigenvalue weighted by Gasteiger charge is -2.50. The van der Waals surface area contributed by atoms with Crippen LogP contribution < -0.4 is 5.32 Å². The van der Waals surface area contributed by atoms with Crippen LogP contribution in [0.25, 0.3) is 0 Å². The molecule has 21 N–H and O–H groups in total. The Bertz CT molecular complexity index is 2220. The molecule has 488 valence electrons. The average Bonchev–Trinajstić information content (AvgIpc) is 3.27. The molecule has 1 aromatic rings. The predicted molar refractivity (Wildman–Crippen MR) is 257 cm³/mol. The first-order chi connectivity index (χ1) is 40.6. The SMILES string of the molecule is O=C(Cn1ccnc1)N[C@@H]1[C@@H](O)[C@H]2O[C@H]3[C@H](O)[C@@H](O)[C@@H](O[C@H]4[C@H](O)[C@@H](O)[C@@H](O[C@H]5[C@H](O)[C@@H](O)[C@@H](O[C@H]6[C@H](O)[C@@H](O)[C@@H](O[C@H]7[C@H](O)[C@@H](O)[C@@H](O[C@H]8[C@H](O)[C@@H](O)[C@@H](O[C@@H]1[C@@H](CO)O2)O[C@@H]8CO)O[C@@H]7CO)O[C@@H]6CO)O[C@@H]5CO)O[C@@H]4CO)O[C@@H]3CO. The summed E-state index contributed by atoms with van der Waals surface area (Å²) in [6.07, 6.45) is -64.8. The Hall–Kier alpha value is -2.68. The van der Waals surface area contributed by atoms with Crippen LogP contribution in [0.3, 0.4) is 0 Å². The van der Waals surface area contributed by atoms with E-state index < -0.39 is 274 Å². The number of imidazole rings is 1. The van der Waals surface area contributed by atoms with Crippen molar-refractivity contribution >= 4 is 5.91 Å². The molecule has 85 heavy (non-hydrogen) atoms. The molecule has 22 rings (SSSR count). The van der Waals surface area contributed by atoms with Crippen LogP contribution in [-0.2, 0) is 77.7 Å². The summed E-state index contributed by atoms with van der Waals surface area (Å²) in [5, 5.41) is 225. The third kappa shape index (κ3) is 13.5. The smallest absolute Gasteiger partial charge is 0.240 e. The minimum atomic E-state index is -2.25. The lowest BCUT2D eigenvalue weighted by molar-refractivity contribution is -0.396. The van der Waals surface area contributed by atoms with Crippen molar-refractivity contribution in [2.24, 2.45) is 0 Å². The quantitative estimate of drug-likeness (QED) is 0.103. The largest absolute Gasteiger partial charge is 0.394 e. The summed E-state index contributed by atoms with van der Waals surface area (Å²) in [6.45, 7) is -7.91. The first-order valence-corrected chi connectivity index (χ1v) is 27.1. The van der Waals surface area contributed by atoms with E-state index >= 15 is 0 Å². The molecule has 0 aliphatic carbocycles. The molecule has 22 heterocycles. The summed E-state index contributed by atoms with van der Waals surface area (Å²) in [6, 6.07) is -1.80. The van der Waals surface area contributed by atoms with Crippen LogP contribution in [0.1, 0.15) is 0 Å². The summed E-state index contributed by atoms with van der Waals surface area (Å²) < 4.78 is 82.3. The molecule has 0 unspecified atom stereocenters. The van der Waals surface area contributed by atoms with Crippen molar-refractivity contribution in [1.29, 1.82) is 0 Å². The Balaban J connectivity index is 1.02. The summed E-state index contributed by atoms with van der Waals surface area (Å²) in [7, 11) is 0. The van der Waals surface area contributed by atoms with Crippen molar-refractivity contribution in [3.63, 3.8) is 0 Å². The average molecular weight is 1240 g/mol. The molecule has 21 aliphatic heterocycles. The number of nitrogens with one attached hydrogen (secondary N) is 1. The number of nitrogens with zero attached hydrogens (tertiary/aromatic N) is 2. The molecule has 38 nitrogen and oxygen atoms in total. The zero-order valence-electron chi connectivity index (χ0n) is 44.6. The Labute approximate surface area is 479 Å². The fourth-order valence-electron chi connectivity index (χ4n) is 11.4. The molecule has 21 aliphatic rings. The minimum absolute atomic E-state index is 0.461. The Morgan fingerprint density at radius 2 is 0.553 bits per heavy atom. The highest BCUT2D eigenvalue weighted by Gasteiger charge is 2.60. The highest BCUT2D eigenvalue weighted by molar-refractivity contribution is 5.76. The summed E-state index contributed by atoms with van der Waals surface area (Å²) >= 11 is 0. The second-order valence-corrected chi connectivity index (χ2v) is 21.5. The monoisotopic (exact) mass is 1240 g/mol. The van der Waals surface area contributed by atoms with Gasteiger partial charge in [-0.05, 0) is 0 Å². The molecule has 21 fully saturated rings. The van der Waals surface area contributed by atoms with E-state index in [1.165, 1.54) is 23.3 Å². The molecule has 14 bridgehead atoms. The summed E-state index contributed by atoms with van der Waals surface area (Å²) in [5.74, 6) is -0.862. The standard InChI is InChI=1S/C47H75N3O35/c51-4-12-34-20(49-19(58)3-50-2-1-48-11-50)21(59)41(72-12)80-35-13(5-52)74-43(29(67)23(35)61)82-37-15(7-54)76-45(31(69)25(37)63)84-39-17(9-56)78-47(33(71)27(39)65)85-40-18(10-57)77-46(32(70)26(40)64)83-38-16(8-55)75-44(30(68)24(38)62)81-36-14(6-53)73-42(79-34)28(66)22(36)60/h1-2,11-18,20-47,51-57,59-71H,3-10H2,(H,49,58)/t12-,13-,14-,15-,16-,17-,18-,20-,21-,22-,23-,24-,25-,26-,27-,28-,29-,30-,31-,32-,33-,34-,35-,36-,37-,38-,39-,40-,41-,42-,43-,44-,45-,46-,47-/m1/s1. The second-order valence-electron chi connectivity index (χ2n) is 21.5. The van der Waals surface area contributed by atoms with E-state index in [1.54, 1.807) is 0 Å². The number of carbonyl (C=O) groups excluding carboxylic acids is 1. The zero-order valence-corrected chi connectivity index (χ0v) is 44.6. The molecule has 21 saturated heterocycles. The minimum Gasteiger partial charge on any atom is -0.394 e. The topological polar surface area (TPSA) is 581 Å². The number of rotatable bonds is 10. The van der Waals surface area contributed by atoms with Crippen LogP contribution in [0.5, 0.6) is 0 Å². The Morgan fingerprint density at radius 1 is 0.329 bits per heavy atom. The number of aliphatic hydroxyl groups is 20. The highest BCUT2D eigenvalue weighted by Crippen LogP contribution is 2.39. The second kappa shape index (κ2) is 28.6. The third-order valence-corrected chi connectivity index (χ3v) is 16.0. The normalized spacial score (nSPS) is 51.2. The molecule has 1 amide bonds. The van der Waals surface area contributed by atoms with E-state index in [0.717, 1.165) is 0 Å². The Kier molecular flexibility index (Phi) is 22.5. The van der Waals surface area contributed by atoms with Gasteiger partial charge in [0.25, 0.3) is 0 Å². The van der Waals surface area contributed by atoms with Gasteiger partial charge in [0, 0.05) is 12.4 Å². The van der Waals surface area contributed by atoms with Gasteiger partial charge in [-0.1, -0.05) is 0 Å². The summed E-state index contributed by atoms with van der Waals surface area (Å²) in [4.78, 5) is 17.5. The van der Waals surface area contributed by atoms with Gasteiger partial charge in [-0.3, -0.25) is 4.79 Å². The van der Waals surface area contributed by atoms with E-state index in [0.29, 0.717) is 0 Å². The molecule has 38 heteroatoms. The molecule has 1 aromatic heterocycles. The fraction of sp³-hybridized carbons (Fsp3) is 0.915. The van der Waals surface area contributed by atoms with Gasteiger partial charge < -0.3 is 178 Å².